The Balaban J connectivity index is 2.01. The molecule has 0 bridgehead atoms. The first-order valence-electron chi connectivity index (χ1n) is 6.90. The lowest BCUT2D eigenvalue weighted by molar-refractivity contribution is 0.551. The van der Waals surface area contributed by atoms with Crippen LogP contribution in [-0.4, -0.2) is 40.3 Å². The minimum Gasteiger partial charge on any atom is -0.368 e. The molecule has 1 aromatic heterocycles. The van der Waals surface area contributed by atoms with Crippen LogP contribution in [0.3, 0.4) is 0 Å². The van der Waals surface area contributed by atoms with Gasteiger partial charge in [0, 0.05) is 48.1 Å². The molecule has 1 N–H and O–H groups in total. The van der Waals surface area contributed by atoms with Crippen LogP contribution in [0.5, 0.6) is 0 Å². The van der Waals surface area contributed by atoms with Gasteiger partial charge in [0.15, 0.2) is 0 Å². The van der Waals surface area contributed by atoms with E-state index in [1.54, 1.807) is 0 Å². The summed E-state index contributed by atoms with van der Waals surface area (Å²) in [5.41, 5.74) is 2.47. The molecular formula is C14H23N3OS. The molecule has 0 aliphatic carbocycles. The molecular weight excluding hydrogens is 258 g/mol. The minimum absolute atomic E-state index is 0.631. The largest absolute Gasteiger partial charge is 0.368 e. The SMILES string of the molecule is CC(C)CNCc1ccncc1N1CCS(=O)CC1. The summed E-state index contributed by atoms with van der Waals surface area (Å²) >= 11 is 0. The summed E-state index contributed by atoms with van der Waals surface area (Å²) in [7, 11) is -0.631. The zero-order valence-electron chi connectivity index (χ0n) is 11.8. The molecule has 0 unspecified atom stereocenters. The van der Waals surface area contributed by atoms with Crippen LogP contribution in [-0.2, 0) is 17.3 Å². The highest BCUT2D eigenvalue weighted by atomic mass is 32.2. The Bertz CT molecular complexity index is 426. The van der Waals surface area contributed by atoms with E-state index in [-0.39, 0.29) is 0 Å². The predicted molar refractivity (Wildman–Crippen MR) is 80.9 cm³/mol. The Kier molecular flexibility index (Phi) is 5.34. The summed E-state index contributed by atoms with van der Waals surface area (Å²) in [6.07, 6.45) is 3.78. The fourth-order valence-corrected chi connectivity index (χ4v) is 3.28. The van der Waals surface area contributed by atoms with Gasteiger partial charge in [0.1, 0.15) is 0 Å². The lowest BCUT2D eigenvalue weighted by atomic mass is 10.2. The number of aromatic nitrogens is 1. The molecule has 5 heteroatoms. The maximum absolute atomic E-state index is 11.4. The number of rotatable bonds is 5. The van der Waals surface area contributed by atoms with E-state index >= 15 is 0 Å². The number of nitrogens with one attached hydrogen (secondary N) is 1. The highest BCUT2D eigenvalue weighted by Crippen LogP contribution is 2.20. The quantitative estimate of drug-likeness (QED) is 0.886. The van der Waals surface area contributed by atoms with Crippen molar-refractivity contribution in [3.05, 3.63) is 24.0 Å². The second-order valence-electron chi connectivity index (χ2n) is 5.36. The van der Waals surface area contributed by atoms with E-state index in [0.717, 1.165) is 37.7 Å². The summed E-state index contributed by atoms with van der Waals surface area (Å²) < 4.78 is 11.4. The molecule has 0 spiro atoms. The number of nitrogens with zero attached hydrogens (tertiary/aromatic N) is 2. The lowest BCUT2D eigenvalue weighted by Crippen LogP contribution is -2.38. The van der Waals surface area contributed by atoms with E-state index in [1.807, 2.05) is 12.4 Å². The highest BCUT2D eigenvalue weighted by Gasteiger charge is 2.17. The number of hydrogen-bond donors (Lipinski definition) is 1. The summed E-state index contributed by atoms with van der Waals surface area (Å²) in [6, 6.07) is 2.08. The van der Waals surface area contributed by atoms with Crippen molar-refractivity contribution in [1.29, 1.82) is 0 Å². The maximum Gasteiger partial charge on any atom is 0.0598 e. The average Bonchev–Trinajstić information content (AvgIpc) is 2.40. The molecule has 1 aromatic rings. The molecule has 0 atom stereocenters. The van der Waals surface area contributed by atoms with Crippen LogP contribution in [0.1, 0.15) is 19.4 Å². The van der Waals surface area contributed by atoms with Gasteiger partial charge < -0.3 is 10.2 Å². The van der Waals surface area contributed by atoms with Crippen LogP contribution in [0.4, 0.5) is 5.69 Å². The van der Waals surface area contributed by atoms with Gasteiger partial charge in [-0.2, -0.15) is 0 Å². The van der Waals surface area contributed by atoms with E-state index < -0.39 is 10.8 Å². The summed E-state index contributed by atoms with van der Waals surface area (Å²) in [5, 5.41) is 3.47. The molecule has 0 saturated carbocycles. The predicted octanol–water partition coefficient (Wildman–Crippen LogP) is 1.40. The Hall–Kier alpha value is -0.940. The third-order valence-electron chi connectivity index (χ3n) is 3.27. The second kappa shape index (κ2) is 7.01. The van der Waals surface area contributed by atoms with E-state index in [2.05, 4.69) is 35.1 Å². The molecule has 2 heterocycles. The van der Waals surface area contributed by atoms with Gasteiger partial charge in [-0.05, 0) is 24.1 Å². The van der Waals surface area contributed by atoms with Crippen molar-refractivity contribution < 1.29 is 4.21 Å². The van der Waals surface area contributed by atoms with Gasteiger partial charge >= 0.3 is 0 Å². The smallest absolute Gasteiger partial charge is 0.0598 e. The van der Waals surface area contributed by atoms with Crippen molar-refractivity contribution in [3.8, 4) is 0 Å². The first-order valence-corrected chi connectivity index (χ1v) is 8.39. The summed E-state index contributed by atoms with van der Waals surface area (Å²) in [6.45, 7) is 8.05. The molecule has 1 aliphatic rings. The van der Waals surface area contributed by atoms with Gasteiger partial charge in [-0.3, -0.25) is 9.19 Å². The first-order chi connectivity index (χ1) is 9.16. The zero-order chi connectivity index (χ0) is 13.7. The summed E-state index contributed by atoms with van der Waals surface area (Å²) in [4.78, 5) is 6.54. The van der Waals surface area contributed by atoms with E-state index in [4.69, 9.17) is 0 Å². The van der Waals surface area contributed by atoms with Gasteiger partial charge in [-0.15, -0.1) is 0 Å². The average molecular weight is 281 g/mol. The van der Waals surface area contributed by atoms with Gasteiger partial charge in [-0.25, -0.2) is 0 Å². The molecule has 1 saturated heterocycles. The zero-order valence-corrected chi connectivity index (χ0v) is 12.6. The van der Waals surface area contributed by atoms with Crippen LogP contribution in [0.2, 0.25) is 0 Å². The van der Waals surface area contributed by atoms with Gasteiger partial charge in [-0.1, -0.05) is 13.8 Å². The van der Waals surface area contributed by atoms with E-state index in [0.29, 0.717) is 5.92 Å². The van der Waals surface area contributed by atoms with Crippen LogP contribution in [0.25, 0.3) is 0 Å². The molecule has 0 aromatic carbocycles. The van der Waals surface area contributed by atoms with Gasteiger partial charge in [0.25, 0.3) is 0 Å². The second-order valence-corrected chi connectivity index (χ2v) is 7.06. The van der Waals surface area contributed by atoms with Crippen LogP contribution < -0.4 is 10.2 Å². The number of pyridine rings is 1. The van der Waals surface area contributed by atoms with E-state index in [9.17, 15) is 4.21 Å². The summed E-state index contributed by atoms with van der Waals surface area (Å²) in [5.74, 6) is 2.20. The van der Waals surface area contributed by atoms with Crippen LogP contribution >= 0.6 is 0 Å². The fraction of sp³-hybridized carbons (Fsp3) is 0.643. The normalized spacial score (nSPS) is 17.1. The molecule has 19 heavy (non-hydrogen) atoms. The Labute approximate surface area is 118 Å². The number of anilines is 1. The maximum atomic E-state index is 11.4. The van der Waals surface area contributed by atoms with Crippen molar-refractivity contribution in [3.63, 3.8) is 0 Å². The Morgan fingerprint density at radius 2 is 2.16 bits per heavy atom. The molecule has 4 nitrogen and oxygen atoms in total. The highest BCUT2D eigenvalue weighted by molar-refractivity contribution is 7.85. The molecule has 106 valence electrons. The van der Waals surface area contributed by atoms with Crippen molar-refractivity contribution in [2.24, 2.45) is 5.92 Å². The molecule has 0 radical (unpaired) electrons. The van der Waals surface area contributed by atoms with Crippen molar-refractivity contribution in [2.45, 2.75) is 20.4 Å². The molecule has 1 fully saturated rings. The Morgan fingerprint density at radius 1 is 1.42 bits per heavy atom. The monoisotopic (exact) mass is 281 g/mol. The molecule has 2 rings (SSSR count). The minimum atomic E-state index is -0.631. The third-order valence-corrected chi connectivity index (χ3v) is 4.55. The fourth-order valence-electron chi connectivity index (χ4n) is 2.22. The lowest BCUT2D eigenvalue weighted by Gasteiger charge is -2.30. The first kappa shape index (κ1) is 14.5. The van der Waals surface area contributed by atoms with Gasteiger partial charge in [0.2, 0.25) is 0 Å². The topological polar surface area (TPSA) is 45.2 Å². The van der Waals surface area contributed by atoms with Crippen LogP contribution in [0, 0.1) is 5.92 Å². The number of hydrogen-bond acceptors (Lipinski definition) is 4. The third kappa shape index (κ3) is 4.28. The van der Waals surface area contributed by atoms with Crippen LogP contribution in [0.15, 0.2) is 18.5 Å². The molecule has 1 aliphatic heterocycles. The van der Waals surface area contributed by atoms with Crippen molar-refractivity contribution in [1.82, 2.24) is 10.3 Å². The molecule has 0 amide bonds. The van der Waals surface area contributed by atoms with E-state index in [1.165, 1.54) is 11.3 Å². The van der Waals surface area contributed by atoms with Gasteiger partial charge in [0.05, 0.1) is 11.9 Å². The van der Waals surface area contributed by atoms with Crippen molar-refractivity contribution >= 4 is 16.5 Å². The Morgan fingerprint density at radius 3 is 2.84 bits per heavy atom. The standard InChI is InChI=1S/C14H23N3OS/c1-12(2)9-16-10-13-3-4-15-11-14(13)17-5-7-19(18)8-6-17/h3-4,11-12,16H,5-10H2,1-2H3. The van der Waals surface area contributed by atoms with Crippen molar-refractivity contribution in [2.75, 3.05) is 36.0 Å².